The normalized spacial score (nSPS) is 10.8. The molecule has 2 heterocycles. The van der Waals surface area contributed by atoms with Gasteiger partial charge in [0.25, 0.3) is 5.56 Å². The molecule has 62 valence electrons. The van der Waals surface area contributed by atoms with Crippen molar-refractivity contribution in [2.24, 2.45) is 0 Å². The number of aromatic nitrogens is 2. The lowest BCUT2D eigenvalue weighted by Gasteiger charge is -1.92. The van der Waals surface area contributed by atoms with Gasteiger partial charge in [0, 0.05) is 10.9 Å². The molecular formula is C7H7N3OS. The summed E-state index contributed by atoms with van der Waals surface area (Å²) >= 11 is 1.46. The Bertz CT molecular complexity index is 485. The maximum absolute atomic E-state index is 11.3. The fourth-order valence-electron chi connectivity index (χ4n) is 1.03. The lowest BCUT2D eigenvalue weighted by atomic mass is 10.5. The van der Waals surface area contributed by atoms with Gasteiger partial charge in [0.15, 0.2) is 0 Å². The molecule has 0 atom stereocenters. The van der Waals surface area contributed by atoms with E-state index in [1.807, 2.05) is 6.92 Å². The Kier molecular flexibility index (Phi) is 1.41. The van der Waals surface area contributed by atoms with E-state index in [4.69, 9.17) is 5.73 Å². The van der Waals surface area contributed by atoms with Crippen LogP contribution in [0.25, 0.3) is 4.83 Å². The highest BCUT2D eigenvalue weighted by Crippen LogP contribution is 2.17. The van der Waals surface area contributed by atoms with Crippen molar-refractivity contribution in [2.45, 2.75) is 6.92 Å². The molecule has 0 spiro atoms. The van der Waals surface area contributed by atoms with E-state index in [-0.39, 0.29) is 5.56 Å². The molecule has 12 heavy (non-hydrogen) atoms. The predicted molar refractivity (Wildman–Crippen MR) is 48.5 cm³/mol. The largest absolute Gasteiger partial charge is 0.395 e. The van der Waals surface area contributed by atoms with Gasteiger partial charge < -0.3 is 5.73 Å². The van der Waals surface area contributed by atoms with Crippen LogP contribution in [0, 0.1) is 6.92 Å². The van der Waals surface area contributed by atoms with Crippen LogP contribution in [0.4, 0.5) is 5.69 Å². The Morgan fingerprint density at radius 1 is 1.67 bits per heavy atom. The van der Waals surface area contributed by atoms with Crippen molar-refractivity contribution in [1.82, 2.24) is 9.61 Å². The number of nitrogen functional groups attached to an aromatic ring is 1. The third-order valence-electron chi connectivity index (χ3n) is 1.54. The van der Waals surface area contributed by atoms with Crippen molar-refractivity contribution >= 4 is 21.9 Å². The second-order valence-corrected chi connectivity index (χ2v) is 3.75. The fourth-order valence-corrected chi connectivity index (χ4v) is 1.88. The van der Waals surface area contributed by atoms with Gasteiger partial charge in [-0.15, -0.1) is 11.3 Å². The first-order chi connectivity index (χ1) is 5.68. The van der Waals surface area contributed by atoms with Crippen LogP contribution in [0.2, 0.25) is 0 Å². The molecule has 0 radical (unpaired) electrons. The van der Waals surface area contributed by atoms with Crippen molar-refractivity contribution in [3.05, 3.63) is 27.5 Å². The van der Waals surface area contributed by atoms with Crippen LogP contribution in [0.3, 0.4) is 0 Å². The molecule has 0 aliphatic carbocycles. The van der Waals surface area contributed by atoms with Crippen molar-refractivity contribution in [3.8, 4) is 0 Å². The second-order valence-electron chi connectivity index (χ2n) is 2.51. The Balaban J connectivity index is 3.03. The van der Waals surface area contributed by atoms with Gasteiger partial charge in [0.1, 0.15) is 4.83 Å². The minimum absolute atomic E-state index is 0.127. The third-order valence-corrected chi connectivity index (χ3v) is 2.59. The molecular weight excluding hydrogens is 174 g/mol. The van der Waals surface area contributed by atoms with Gasteiger partial charge in [0.2, 0.25) is 0 Å². The molecule has 2 aromatic heterocycles. The van der Waals surface area contributed by atoms with Crippen molar-refractivity contribution in [3.63, 3.8) is 0 Å². The highest BCUT2D eigenvalue weighted by Gasteiger charge is 2.03. The van der Waals surface area contributed by atoms with E-state index in [9.17, 15) is 4.79 Å². The topological polar surface area (TPSA) is 60.4 Å². The molecule has 0 saturated carbocycles. The average Bonchev–Trinajstić information content (AvgIpc) is 2.33. The molecule has 0 aliphatic rings. The number of hydrogen-bond donors (Lipinski definition) is 1. The maximum Gasteiger partial charge on any atom is 0.273 e. The summed E-state index contributed by atoms with van der Waals surface area (Å²) in [7, 11) is 0. The second kappa shape index (κ2) is 2.31. The summed E-state index contributed by atoms with van der Waals surface area (Å²) in [4.78, 5) is 12.9. The van der Waals surface area contributed by atoms with Crippen molar-refractivity contribution in [2.75, 3.05) is 5.73 Å². The fraction of sp³-hybridized carbons (Fsp3) is 0.143. The Hall–Kier alpha value is -1.36. The summed E-state index contributed by atoms with van der Waals surface area (Å²) < 4.78 is 1.31. The molecule has 0 bridgehead atoms. The van der Waals surface area contributed by atoms with Gasteiger partial charge in [0.05, 0.1) is 11.9 Å². The highest BCUT2D eigenvalue weighted by molar-refractivity contribution is 7.17. The van der Waals surface area contributed by atoms with E-state index in [2.05, 4.69) is 5.10 Å². The van der Waals surface area contributed by atoms with Crippen LogP contribution in [-0.4, -0.2) is 9.61 Å². The van der Waals surface area contributed by atoms with Crippen LogP contribution in [0.1, 0.15) is 4.88 Å². The summed E-state index contributed by atoms with van der Waals surface area (Å²) in [6, 6.07) is 1.55. The van der Waals surface area contributed by atoms with E-state index < -0.39 is 0 Å². The van der Waals surface area contributed by atoms with Gasteiger partial charge >= 0.3 is 0 Å². The van der Waals surface area contributed by atoms with Crippen LogP contribution in [0.5, 0.6) is 0 Å². The van der Waals surface area contributed by atoms with Gasteiger partial charge in [-0.25, -0.2) is 0 Å². The minimum atomic E-state index is -0.127. The van der Waals surface area contributed by atoms with Crippen molar-refractivity contribution < 1.29 is 0 Å². The highest BCUT2D eigenvalue weighted by atomic mass is 32.1. The molecule has 5 heteroatoms. The van der Waals surface area contributed by atoms with Crippen LogP contribution in [0.15, 0.2) is 17.1 Å². The first-order valence-electron chi connectivity index (χ1n) is 3.42. The molecule has 0 unspecified atom stereocenters. The zero-order valence-electron chi connectivity index (χ0n) is 6.44. The van der Waals surface area contributed by atoms with E-state index in [0.29, 0.717) is 5.69 Å². The first kappa shape index (κ1) is 7.30. The summed E-state index contributed by atoms with van der Waals surface area (Å²) in [5.41, 5.74) is 6.03. The zero-order chi connectivity index (χ0) is 8.72. The van der Waals surface area contributed by atoms with E-state index in [1.54, 1.807) is 6.07 Å². The quantitative estimate of drug-likeness (QED) is 0.649. The lowest BCUT2D eigenvalue weighted by molar-refractivity contribution is 0.927. The SMILES string of the molecule is Cc1cc(=O)n2ncc(N)c2s1. The van der Waals surface area contributed by atoms with Gasteiger partial charge in [-0.2, -0.15) is 9.61 Å². The van der Waals surface area contributed by atoms with Gasteiger partial charge in [-0.3, -0.25) is 4.79 Å². The average molecular weight is 181 g/mol. The molecule has 2 rings (SSSR count). The zero-order valence-corrected chi connectivity index (χ0v) is 7.26. The summed E-state index contributed by atoms with van der Waals surface area (Å²) in [5.74, 6) is 0. The molecule has 0 fully saturated rings. The standard InChI is InChI=1S/C7H7N3OS/c1-4-2-6(11)10-7(12-4)5(8)3-9-10/h2-3H,8H2,1H3. The Labute approximate surface area is 72.3 Å². The maximum atomic E-state index is 11.3. The Morgan fingerprint density at radius 3 is 3.17 bits per heavy atom. The monoisotopic (exact) mass is 181 g/mol. The number of hydrogen-bond acceptors (Lipinski definition) is 4. The summed E-state index contributed by atoms with van der Waals surface area (Å²) in [6.45, 7) is 1.87. The Morgan fingerprint density at radius 2 is 2.42 bits per heavy atom. The van der Waals surface area contributed by atoms with E-state index in [0.717, 1.165) is 9.71 Å². The molecule has 0 aliphatic heterocycles. The summed E-state index contributed by atoms with van der Waals surface area (Å²) in [5, 5.41) is 3.85. The number of nitrogens with two attached hydrogens (primary N) is 1. The van der Waals surface area contributed by atoms with Crippen LogP contribution >= 0.6 is 11.3 Å². The number of aryl methyl sites for hydroxylation is 1. The molecule has 0 aromatic carbocycles. The summed E-state index contributed by atoms with van der Waals surface area (Å²) in [6.07, 6.45) is 1.49. The van der Waals surface area contributed by atoms with E-state index in [1.165, 1.54) is 22.0 Å². The predicted octanol–water partition coefficient (Wildman–Crippen LogP) is 0.647. The minimum Gasteiger partial charge on any atom is -0.395 e. The number of rotatable bonds is 0. The van der Waals surface area contributed by atoms with Crippen LogP contribution < -0.4 is 11.3 Å². The molecule has 2 N–H and O–H groups in total. The first-order valence-corrected chi connectivity index (χ1v) is 4.24. The number of fused-ring (bicyclic) bond motifs is 1. The number of nitrogens with zero attached hydrogens (tertiary/aromatic N) is 2. The smallest absolute Gasteiger partial charge is 0.273 e. The van der Waals surface area contributed by atoms with Crippen molar-refractivity contribution in [1.29, 1.82) is 0 Å². The lowest BCUT2D eigenvalue weighted by Crippen LogP contribution is -2.11. The van der Waals surface area contributed by atoms with Crippen LogP contribution in [-0.2, 0) is 0 Å². The molecule has 4 nitrogen and oxygen atoms in total. The van der Waals surface area contributed by atoms with Gasteiger partial charge in [-0.1, -0.05) is 0 Å². The van der Waals surface area contributed by atoms with E-state index >= 15 is 0 Å². The molecule has 2 aromatic rings. The third kappa shape index (κ3) is 0.902. The molecule has 0 saturated heterocycles. The van der Waals surface area contributed by atoms with Gasteiger partial charge in [-0.05, 0) is 6.92 Å². The molecule has 0 amide bonds. The number of anilines is 1.